The maximum Gasteiger partial charge on any atom is 0.305 e. The van der Waals surface area contributed by atoms with E-state index in [1.165, 1.54) is 6.07 Å². The van der Waals surface area contributed by atoms with Crippen molar-refractivity contribution in [3.05, 3.63) is 35.1 Å². The summed E-state index contributed by atoms with van der Waals surface area (Å²) in [5, 5.41) is 17.6. The van der Waals surface area contributed by atoms with Gasteiger partial charge >= 0.3 is 5.97 Å². The van der Waals surface area contributed by atoms with E-state index in [1.807, 2.05) is 11.0 Å². The van der Waals surface area contributed by atoms with Crippen LogP contribution in [0.3, 0.4) is 0 Å². The molecule has 1 saturated heterocycles. The van der Waals surface area contributed by atoms with E-state index < -0.39 is 11.8 Å². The molecule has 5 nitrogen and oxygen atoms in total. The molecule has 1 aromatic rings. The van der Waals surface area contributed by atoms with Gasteiger partial charge in [0.05, 0.1) is 31.3 Å². The first-order chi connectivity index (χ1) is 9.60. The lowest BCUT2D eigenvalue weighted by Crippen LogP contribution is -2.46. The molecule has 2 rings (SSSR count). The summed E-state index contributed by atoms with van der Waals surface area (Å²) in [4.78, 5) is 12.7. The monoisotopic (exact) mass is 278 g/mol. The minimum absolute atomic E-state index is 0.0299. The number of aliphatic carboxylic acids is 1. The Kier molecular flexibility index (Phi) is 4.66. The van der Waals surface area contributed by atoms with Gasteiger partial charge in [0.2, 0.25) is 0 Å². The maximum absolute atomic E-state index is 13.9. The van der Waals surface area contributed by atoms with Crippen LogP contribution in [-0.2, 0) is 16.1 Å². The third-order valence-corrected chi connectivity index (χ3v) is 3.32. The molecule has 0 saturated carbocycles. The second-order valence-electron chi connectivity index (χ2n) is 4.72. The van der Waals surface area contributed by atoms with Gasteiger partial charge < -0.3 is 9.84 Å². The summed E-state index contributed by atoms with van der Waals surface area (Å²) in [6, 6.07) is 5.96. The van der Waals surface area contributed by atoms with Crippen LogP contribution in [0.5, 0.6) is 0 Å². The molecule has 0 amide bonds. The van der Waals surface area contributed by atoms with Crippen LogP contribution in [0.1, 0.15) is 17.5 Å². The fourth-order valence-corrected chi connectivity index (χ4v) is 2.25. The molecule has 6 heteroatoms. The topological polar surface area (TPSA) is 73.6 Å². The lowest BCUT2D eigenvalue weighted by Gasteiger charge is -2.34. The Morgan fingerprint density at radius 1 is 1.60 bits per heavy atom. The highest BCUT2D eigenvalue weighted by Crippen LogP contribution is 2.18. The molecule has 0 aromatic heterocycles. The van der Waals surface area contributed by atoms with Gasteiger partial charge in [-0.2, -0.15) is 5.26 Å². The number of hydrogen-bond acceptors (Lipinski definition) is 4. The number of carboxylic acids is 1. The van der Waals surface area contributed by atoms with Crippen molar-refractivity contribution in [3.63, 3.8) is 0 Å². The predicted octanol–water partition coefficient (Wildman–Crippen LogP) is 1.37. The Balaban J connectivity index is 2.10. The molecule has 1 fully saturated rings. The fraction of sp³-hybridized carbons (Fsp3) is 0.429. The lowest BCUT2D eigenvalue weighted by atomic mass is 10.1. The quantitative estimate of drug-likeness (QED) is 0.900. The van der Waals surface area contributed by atoms with Crippen LogP contribution >= 0.6 is 0 Å². The lowest BCUT2D eigenvalue weighted by molar-refractivity contribution is -0.140. The van der Waals surface area contributed by atoms with Crippen LogP contribution in [0, 0.1) is 17.1 Å². The second-order valence-corrected chi connectivity index (χ2v) is 4.72. The van der Waals surface area contributed by atoms with Gasteiger partial charge in [-0.1, -0.05) is 6.07 Å². The van der Waals surface area contributed by atoms with E-state index >= 15 is 0 Å². The molecule has 1 N–H and O–H groups in total. The molecule has 1 aliphatic heterocycles. The SMILES string of the molecule is N#Cc1ccc(CN2CCOCC2CC(=O)O)c(F)c1. The van der Waals surface area contributed by atoms with Crippen molar-refractivity contribution in [1.29, 1.82) is 5.26 Å². The zero-order valence-corrected chi connectivity index (χ0v) is 10.9. The number of halogens is 1. The number of ether oxygens (including phenoxy) is 1. The van der Waals surface area contributed by atoms with Crippen molar-refractivity contribution in [2.75, 3.05) is 19.8 Å². The van der Waals surface area contributed by atoms with Gasteiger partial charge in [0.25, 0.3) is 0 Å². The predicted molar refractivity (Wildman–Crippen MR) is 68.4 cm³/mol. The molecule has 106 valence electrons. The van der Waals surface area contributed by atoms with Crippen molar-refractivity contribution in [2.45, 2.75) is 19.0 Å². The summed E-state index contributed by atoms with van der Waals surface area (Å²) in [5.74, 6) is -1.34. The van der Waals surface area contributed by atoms with Crippen LogP contribution in [0.4, 0.5) is 4.39 Å². The number of carbonyl (C=O) groups is 1. The molecule has 0 aliphatic carbocycles. The first-order valence-electron chi connectivity index (χ1n) is 6.32. The minimum Gasteiger partial charge on any atom is -0.481 e. The Morgan fingerprint density at radius 2 is 2.40 bits per heavy atom. The zero-order chi connectivity index (χ0) is 14.5. The average molecular weight is 278 g/mol. The summed E-state index contributed by atoms with van der Waals surface area (Å²) in [5.41, 5.74) is 0.733. The molecule has 1 heterocycles. The van der Waals surface area contributed by atoms with Crippen molar-refractivity contribution < 1.29 is 19.0 Å². The normalized spacial score (nSPS) is 19.5. The summed E-state index contributed by atoms with van der Waals surface area (Å²) in [6.07, 6.45) is -0.0299. The highest BCUT2D eigenvalue weighted by atomic mass is 19.1. The van der Waals surface area contributed by atoms with Crippen molar-refractivity contribution in [1.82, 2.24) is 4.90 Å². The van der Waals surface area contributed by atoms with E-state index in [-0.39, 0.29) is 18.0 Å². The van der Waals surface area contributed by atoms with E-state index in [9.17, 15) is 9.18 Å². The standard InChI is InChI=1S/C14H15FN2O3/c15-13-5-10(7-16)1-2-11(13)8-17-3-4-20-9-12(17)6-14(18)19/h1-2,5,12H,3-4,6,8-9H2,(H,18,19). The van der Waals surface area contributed by atoms with E-state index in [0.717, 1.165) is 0 Å². The van der Waals surface area contributed by atoms with Gasteiger partial charge in [-0.25, -0.2) is 4.39 Å². The Morgan fingerprint density at radius 3 is 3.05 bits per heavy atom. The van der Waals surface area contributed by atoms with Crippen molar-refractivity contribution in [3.8, 4) is 6.07 Å². The van der Waals surface area contributed by atoms with E-state index in [0.29, 0.717) is 31.9 Å². The first-order valence-corrected chi connectivity index (χ1v) is 6.32. The molecule has 20 heavy (non-hydrogen) atoms. The molecule has 0 bridgehead atoms. The molecular formula is C14H15FN2O3. The minimum atomic E-state index is -0.897. The number of carboxylic acid groups (broad SMARTS) is 1. The van der Waals surface area contributed by atoms with Gasteiger partial charge in [-0.3, -0.25) is 9.69 Å². The van der Waals surface area contributed by atoms with Crippen LogP contribution in [0.15, 0.2) is 18.2 Å². The largest absolute Gasteiger partial charge is 0.481 e. The average Bonchev–Trinajstić information content (AvgIpc) is 2.42. The summed E-state index contributed by atoms with van der Waals surface area (Å²) >= 11 is 0. The van der Waals surface area contributed by atoms with Gasteiger partial charge in [-0.15, -0.1) is 0 Å². The van der Waals surface area contributed by atoms with Crippen LogP contribution < -0.4 is 0 Å². The van der Waals surface area contributed by atoms with Crippen LogP contribution in [0.25, 0.3) is 0 Å². The van der Waals surface area contributed by atoms with Gasteiger partial charge in [0.15, 0.2) is 0 Å². The van der Waals surface area contributed by atoms with Crippen molar-refractivity contribution in [2.24, 2.45) is 0 Å². The number of rotatable bonds is 4. The Bertz CT molecular complexity index is 542. The highest BCUT2D eigenvalue weighted by molar-refractivity contribution is 5.67. The number of nitrogens with zero attached hydrogens (tertiary/aromatic N) is 2. The highest BCUT2D eigenvalue weighted by Gasteiger charge is 2.25. The molecular weight excluding hydrogens is 263 g/mol. The Labute approximate surface area is 116 Å². The maximum atomic E-state index is 13.9. The van der Waals surface area contributed by atoms with Crippen LogP contribution in [0.2, 0.25) is 0 Å². The summed E-state index contributed by atoms with van der Waals surface area (Å²) < 4.78 is 19.1. The first kappa shape index (κ1) is 14.4. The molecule has 1 atom stereocenters. The van der Waals surface area contributed by atoms with E-state index in [4.69, 9.17) is 15.1 Å². The smallest absolute Gasteiger partial charge is 0.305 e. The molecule has 1 unspecified atom stereocenters. The third-order valence-electron chi connectivity index (χ3n) is 3.32. The molecule has 0 radical (unpaired) electrons. The summed E-state index contributed by atoms with van der Waals surface area (Å²) in [7, 11) is 0. The van der Waals surface area contributed by atoms with Gasteiger partial charge in [0, 0.05) is 24.7 Å². The molecule has 0 spiro atoms. The van der Waals surface area contributed by atoms with Crippen LogP contribution in [-0.4, -0.2) is 41.8 Å². The Hall–Kier alpha value is -1.97. The molecule has 1 aliphatic rings. The second kappa shape index (κ2) is 6.46. The number of morpholine rings is 1. The number of nitriles is 1. The fourth-order valence-electron chi connectivity index (χ4n) is 2.25. The van der Waals surface area contributed by atoms with Crippen molar-refractivity contribution >= 4 is 5.97 Å². The number of benzene rings is 1. The van der Waals surface area contributed by atoms with Gasteiger partial charge in [0.1, 0.15) is 5.82 Å². The summed E-state index contributed by atoms with van der Waals surface area (Å²) in [6.45, 7) is 1.73. The molecule has 1 aromatic carbocycles. The van der Waals surface area contributed by atoms with E-state index in [1.54, 1.807) is 12.1 Å². The number of hydrogen-bond donors (Lipinski definition) is 1. The van der Waals surface area contributed by atoms with Gasteiger partial charge in [-0.05, 0) is 12.1 Å². The van der Waals surface area contributed by atoms with E-state index in [2.05, 4.69) is 0 Å². The zero-order valence-electron chi connectivity index (χ0n) is 10.9. The third kappa shape index (κ3) is 3.53.